The van der Waals surface area contributed by atoms with E-state index in [-0.39, 0.29) is 0 Å². The highest BCUT2D eigenvalue weighted by atomic mass is 35.5. The Bertz CT molecular complexity index is 804. The van der Waals surface area contributed by atoms with Gasteiger partial charge in [-0.05, 0) is 43.7 Å². The van der Waals surface area contributed by atoms with Crippen LogP contribution in [0.5, 0.6) is 0 Å². The van der Waals surface area contributed by atoms with E-state index in [4.69, 9.17) is 25.9 Å². The third kappa shape index (κ3) is 6.18. The van der Waals surface area contributed by atoms with Gasteiger partial charge in [0.05, 0.1) is 0 Å². The standard InChI is InChI=1S/C21H30ClN5O2/c1-3-23-20(25-15-21(9-5-10-21)11-13-28-2)24-12-8-18-26-19(27-29-18)16-6-4-7-17(22)14-16/h4,6-7,14H,3,5,8-13,15H2,1-2H3,(H2,23,24,25). The van der Waals surface area contributed by atoms with Gasteiger partial charge in [0.25, 0.3) is 0 Å². The first-order chi connectivity index (χ1) is 14.1. The highest BCUT2D eigenvalue weighted by molar-refractivity contribution is 6.30. The molecule has 3 rings (SSSR count). The average molecular weight is 420 g/mol. The first-order valence-corrected chi connectivity index (χ1v) is 10.6. The van der Waals surface area contributed by atoms with Crippen LogP contribution in [0.25, 0.3) is 11.4 Å². The van der Waals surface area contributed by atoms with Gasteiger partial charge in [0.15, 0.2) is 5.96 Å². The van der Waals surface area contributed by atoms with Crippen molar-refractivity contribution in [1.29, 1.82) is 0 Å². The molecule has 0 atom stereocenters. The van der Waals surface area contributed by atoms with Crippen LogP contribution in [0.1, 0.15) is 38.5 Å². The molecule has 0 saturated heterocycles. The predicted molar refractivity (Wildman–Crippen MR) is 115 cm³/mol. The quantitative estimate of drug-likeness (QED) is 0.451. The summed E-state index contributed by atoms with van der Waals surface area (Å²) in [6.07, 6.45) is 5.43. The number of hydrogen-bond donors (Lipinski definition) is 2. The Morgan fingerprint density at radius 1 is 1.34 bits per heavy atom. The number of ether oxygens (including phenoxy) is 1. The molecule has 0 amide bonds. The molecule has 1 heterocycles. The van der Waals surface area contributed by atoms with E-state index in [0.29, 0.717) is 35.1 Å². The van der Waals surface area contributed by atoms with Gasteiger partial charge in [0.2, 0.25) is 11.7 Å². The molecule has 1 aromatic heterocycles. The highest BCUT2D eigenvalue weighted by Gasteiger charge is 2.36. The molecule has 0 bridgehead atoms. The number of hydrogen-bond acceptors (Lipinski definition) is 5. The molecule has 158 valence electrons. The van der Waals surface area contributed by atoms with Gasteiger partial charge in [0.1, 0.15) is 0 Å². The van der Waals surface area contributed by atoms with Crippen LogP contribution in [0.3, 0.4) is 0 Å². The Morgan fingerprint density at radius 2 is 2.21 bits per heavy atom. The zero-order chi connectivity index (χ0) is 20.5. The van der Waals surface area contributed by atoms with E-state index < -0.39 is 0 Å². The van der Waals surface area contributed by atoms with Gasteiger partial charge >= 0.3 is 0 Å². The second-order valence-electron chi connectivity index (χ2n) is 7.49. The molecule has 0 radical (unpaired) electrons. The third-order valence-electron chi connectivity index (χ3n) is 5.35. The lowest BCUT2D eigenvalue weighted by Crippen LogP contribution is -2.41. The molecule has 8 heteroatoms. The van der Waals surface area contributed by atoms with Gasteiger partial charge in [-0.15, -0.1) is 0 Å². The van der Waals surface area contributed by atoms with Crippen molar-refractivity contribution in [1.82, 2.24) is 20.8 Å². The Balaban J connectivity index is 1.52. The summed E-state index contributed by atoms with van der Waals surface area (Å²) in [7, 11) is 1.76. The fourth-order valence-electron chi connectivity index (χ4n) is 3.46. The molecule has 0 aliphatic heterocycles. The number of rotatable bonds is 10. The molecule has 1 aromatic carbocycles. The number of nitrogens with zero attached hydrogens (tertiary/aromatic N) is 3. The van der Waals surface area contributed by atoms with Crippen molar-refractivity contribution in [3.63, 3.8) is 0 Å². The normalized spacial score (nSPS) is 15.8. The van der Waals surface area contributed by atoms with Crippen LogP contribution in [0.2, 0.25) is 5.02 Å². The summed E-state index contributed by atoms with van der Waals surface area (Å²) in [5.41, 5.74) is 1.15. The lowest BCUT2D eigenvalue weighted by molar-refractivity contribution is 0.0778. The second-order valence-corrected chi connectivity index (χ2v) is 7.93. The van der Waals surface area contributed by atoms with Crippen molar-refractivity contribution in [2.75, 3.05) is 33.4 Å². The highest BCUT2D eigenvalue weighted by Crippen LogP contribution is 2.44. The first-order valence-electron chi connectivity index (χ1n) is 10.2. The van der Waals surface area contributed by atoms with E-state index in [1.54, 1.807) is 7.11 Å². The third-order valence-corrected chi connectivity index (χ3v) is 5.58. The number of nitrogens with one attached hydrogen (secondary N) is 2. The maximum atomic E-state index is 6.03. The molecule has 2 aromatic rings. The van der Waals surface area contributed by atoms with E-state index in [2.05, 4.69) is 27.7 Å². The zero-order valence-electron chi connectivity index (χ0n) is 17.2. The molecular formula is C21H30ClN5O2. The molecule has 2 N–H and O–H groups in total. The number of aliphatic imine (C=N–C) groups is 1. The lowest BCUT2D eigenvalue weighted by atomic mass is 9.67. The summed E-state index contributed by atoms with van der Waals surface area (Å²) < 4.78 is 10.6. The SMILES string of the molecule is CCNC(=NCC1(CCOC)CCC1)NCCc1nc(-c2cccc(Cl)c2)no1. The van der Waals surface area contributed by atoms with Crippen molar-refractivity contribution >= 4 is 17.6 Å². The van der Waals surface area contributed by atoms with Crippen LogP contribution in [0, 0.1) is 5.41 Å². The molecule has 1 aliphatic carbocycles. The molecule has 1 saturated carbocycles. The van der Waals surface area contributed by atoms with E-state index in [9.17, 15) is 0 Å². The predicted octanol–water partition coefficient (Wildman–Crippen LogP) is 3.69. The monoisotopic (exact) mass is 419 g/mol. The Labute approximate surface area is 177 Å². The largest absolute Gasteiger partial charge is 0.385 e. The molecule has 7 nitrogen and oxygen atoms in total. The van der Waals surface area contributed by atoms with Crippen molar-refractivity contribution in [3.8, 4) is 11.4 Å². The number of guanidine groups is 1. The fourth-order valence-corrected chi connectivity index (χ4v) is 3.65. The van der Waals surface area contributed by atoms with Gasteiger partial charge in [-0.2, -0.15) is 4.98 Å². The average Bonchev–Trinajstić information content (AvgIpc) is 3.16. The Morgan fingerprint density at radius 3 is 2.90 bits per heavy atom. The fraction of sp³-hybridized carbons (Fsp3) is 0.571. The van der Waals surface area contributed by atoms with Crippen molar-refractivity contribution in [3.05, 3.63) is 35.2 Å². The van der Waals surface area contributed by atoms with Crippen LogP contribution in [0.4, 0.5) is 0 Å². The van der Waals surface area contributed by atoms with Crippen molar-refractivity contribution in [2.24, 2.45) is 10.4 Å². The molecule has 0 spiro atoms. The van der Waals surface area contributed by atoms with Crippen LogP contribution < -0.4 is 10.6 Å². The van der Waals surface area contributed by atoms with Crippen LogP contribution in [-0.4, -0.2) is 49.5 Å². The minimum absolute atomic E-state index is 0.302. The molecular weight excluding hydrogens is 390 g/mol. The van der Waals surface area contributed by atoms with Gasteiger partial charge in [0, 0.05) is 50.4 Å². The number of aromatic nitrogens is 2. The molecule has 0 unspecified atom stereocenters. The molecule has 1 aliphatic rings. The summed E-state index contributed by atoms with van der Waals surface area (Å²) in [6.45, 7) is 5.16. The van der Waals surface area contributed by atoms with Crippen LogP contribution in [0.15, 0.2) is 33.8 Å². The summed E-state index contributed by atoms with van der Waals surface area (Å²) in [6, 6.07) is 7.43. The van der Waals surface area contributed by atoms with Crippen molar-refractivity contribution < 1.29 is 9.26 Å². The van der Waals surface area contributed by atoms with E-state index in [1.807, 2.05) is 24.3 Å². The van der Waals surface area contributed by atoms with E-state index >= 15 is 0 Å². The summed E-state index contributed by atoms with van der Waals surface area (Å²) in [5.74, 6) is 1.96. The van der Waals surface area contributed by atoms with Gasteiger partial charge in [-0.1, -0.05) is 35.3 Å². The summed E-state index contributed by atoms with van der Waals surface area (Å²) in [5, 5.41) is 11.4. The zero-order valence-corrected chi connectivity index (χ0v) is 18.0. The minimum atomic E-state index is 0.302. The topological polar surface area (TPSA) is 84.6 Å². The Kier molecular flexibility index (Phi) is 7.89. The molecule has 1 fully saturated rings. The second kappa shape index (κ2) is 10.6. The van der Waals surface area contributed by atoms with Gasteiger partial charge < -0.3 is 19.9 Å². The summed E-state index contributed by atoms with van der Waals surface area (Å²) >= 11 is 6.03. The van der Waals surface area contributed by atoms with Crippen LogP contribution in [-0.2, 0) is 11.2 Å². The van der Waals surface area contributed by atoms with Crippen molar-refractivity contribution in [2.45, 2.75) is 39.0 Å². The van der Waals surface area contributed by atoms with E-state index in [1.165, 1.54) is 19.3 Å². The van der Waals surface area contributed by atoms with Gasteiger partial charge in [-0.3, -0.25) is 4.99 Å². The smallest absolute Gasteiger partial charge is 0.228 e. The maximum Gasteiger partial charge on any atom is 0.228 e. The van der Waals surface area contributed by atoms with Gasteiger partial charge in [-0.25, -0.2) is 0 Å². The Hall–Kier alpha value is -2.12. The molecule has 29 heavy (non-hydrogen) atoms. The first kappa shape index (κ1) is 21.6. The lowest BCUT2D eigenvalue weighted by Gasteiger charge is -2.40. The van der Waals surface area contributed by atoms with Crippen LogP contribution >= 0.6 is 11.6 Å². The maximum absolute atomic E-state index is 6.03. The number of benzene rings is 1. The minimum Gasteiger partial charge on any atom is -0.385 e. The number of halogens is 1. The summed E-state index contributed by atoms with van der Waals surface area (Å²) in [4.78, 5) is 9.27. The van der Waals surface area contributed by atoms with E-state index in [0.717, 1.165) is 37.6 Å². The number of methoxy groups -OCH3 is 1.